The summed E-state index contributed by atoms with van der Waals surface area (Å²) in [6.45, 7) is 1.33. The molecule has 168 valence electrons. The Morgan fingerprint density at radius 2 is 1.82 bits per heavy atom. The van der Waals surface area contributed by atoms with Crippen molar-refractivity contribution in [2.75, 3.05) is 18.4 Å². The molecule has 3 heterocycles. The monoisotopic (exact) mass is 447 g/mol. The molecule has 0 bridgehead atoms. The van der Waals surface area contributed by atoms with Gasteiger partial charge in [-0.1, -0.05) is 24.3 Å². The largest absolute Gasteiger partial charge is 0.321 e. The number of aromatic nitrogens is 3. The molecule has 0 spiro atoms. The Morgan fingerprint density at radius 3 is 2.61 bits per heavy atom. The van der Waals surface area contributed by atoms with Gasteiger partial charge in [0.25, 0.3) is 11.8 Å². The number of amides is 1. The highest BCUT2D eigenvalue weighted by Crippen LogP contribution is 2.29. The van der Waals surface area contributed by atoms with E-state index < -0.39 is 5.92 Å². The van der Waals surface area contributed by atoms with Crippen LogP contribution in [0.1, 0.15) is 28.9 Å². The van der Waals surface area contributed by atoms with Gasteiger partial charge in [0, 0.05) is 61.5 Å². The summed E-state index contributed by atoms with van der Waals surface area (Å²) in [6, 6.07) is 17.0. The zero-order valence-corrected chi connectivity index (χ0v) is 17.9. The molecule has 0 atom stereocenters. The van der Waals surface area contributed by atoms with Crippen molar-refractivity contribution < 1.29 is 13.6 Å². The number of benzene rings is 2. The van der Waals surface area contributed by atoms with Crippen LogP contribution in [0.5, 0.6) is 0 Å². The number of hydrogen-bond donors (Lipinski definition) is 2. The molecule has 33 heavy (non-hydrogen) atoms. The highest BCUT2D eigenvalue weighted by Gasteiger charge is 2.33. The standard InChI is InChI=1S/C25H23F2N5O/c26-25(27)8-10-32(11-9-25)16-17-12-19(15-28-14-17)18-6-7-22-21(13-18)23(31-30-22)24(33)29-20-4-2-1-3-5-20/h1-7,12-15H,8-11,16H2,(H,29,33)(H,30,31). The topological polar surface area (TPSA) is 73.9 Å². The summed E-state index contributed by atoms with van der Waals surface area (Å²) < 4.78 is 26.9. The summed E-state index contributed by atoms with van der Waals surface area (Å²) >= 11 is 0. The van der Waals surface area contributed by atoms with Crippen LogP contribution in [0.25, 0.3) is 22.0 Å². The molecule has 0 aliphatic carbocycles. The number of aromatic amines is 1. The van der Waals surface area contributed by atoms with Crippen LogP contribution in [0, 0.1) is 0 Å². The first-order valence-corrected chi connectivity index (χ1v) is 10.9. The smallest absolute Gasteiger partial charge is 0.276 e. The number of fused-ring (bicyclic) bond motifs is 1. The van der Waals surface area contributed by atoms with E-state index in [2.05, 4.69) is 20.5 Å². The van der Waals surface area contributed by atoms with E-state index in [0.29, 0.717) is 36.4 Å². The predicted octanol–water partition coefficient (Wildman–Crippen LogP) is 5.11. The minimum Gasteiger partial charge on any atom is -0.321 e. The maximum atomic E-state index is 13.4. The van der Waals surface area contributed by atoms with Crippen molar-refractivity contribution in [1.29, 1.82) is 0 Å². The summed E-state index contributed by atoms with van der Waals surface area (Å²) in [6.07, 6.45) is 3.32. The number of halogens is 2. The Balaban J connectivity index is 1.37. The zero-order valence-electron chi connectivity index (χ0n) is 17.9. The second-order valence-corrected chi connectivity index (χ2v) is 8.37. The summed E-state index contributed by atoms with van der Waals surface area (Å²) in [5.74, 6) is -2.85. The van der Waals surface area contributed by atoms with E-state index >= 15 is 0 Å². The van der Waals surface area contributed by atoms with Crippen LogP contribution in [0.3, 0.4) is 0 Å². The maximum absolute atomic E-state index is 13.4. The molecule has 0 radical (unpaired) electrons. The molecule has 0 unspecified atom stereocenters. The molecule has 2 aromatic carbocycles. The minimum absolute atomic E-state index is 0.106. The normalized spacial score (nSPS) is 16.1. The number of H-pyrrole nitrogens is 1. The highest BCUT2D eigenvalue weighted by atomic mass is 19.3. The fourth-order valence-electron chi connectivity index (χ4n) is 4.11. The van der Waals surface area contributed by atoms with Gasteiger partial charge in [0.1, 0.15) is 0 Å². The lowest BCUT2D eigenvalue weighted by Gasteiger charge is -2.31. The van der Waals surface area contributed by atoms with Crippen molar-refractivity contribution in [3.05, 3.63) is 78.2 Å². The second kappa shape index (κ2) is 8.71. The van der Waals surface area contributed by atoms with Crippen LogP contribution >= 0.6 is 0 Å². The van der Waals surface area contributed by atoms with Crippen molar-refractivity contribution in [3.8, 4) is 11.1 Å². The van der Waals surface area contributed by atoms with Crippen molar-refractivity contribution in [3.63, 3.8) is 0 Å². The summed E-state index contributed by atoms with van der Waals surface area (Å²) in [7, 11) is 0. The molecule has 4 aromatic rings. The van der Waals surface area contributed by atoms with E-state index in [1.54, 1.807) is 12.4 Å². The first-order valence-electron chi connectivity index (χ1n) is 10.9. The maximum Gasteiger partial charge on any atom is 0.276 e. The second-order valence-electron chi connectivity index (χ2n) is 8.37. The van der Waals surface area contributed by atoms with Crippen LogP contribution in [0.4, 0.5) is 14.5 Å². The number of anilines is 1. The van der Waals surface area contributed by atoms with Crippen molar-refractivity contribution in [2.45, 2.75) is 25.3 Å². The lowest BCUT2D eigenvalue weighted by Crippen LogP contribution is -2.38. The lowest BCUT2D eigenvalue weighted by molar-refractivity contribution is -0.0566. The third-order valence-electron chi connectivity index (χ3n) is 5.93. The SMILES string of the molecule is O=C(Nc1ccccc1)c1n[nH]c2ccc(-c3cncc(CN4CCC(F)(F)CC4)c3)cc12. The molecule has 2 aromatic heterocycles. The number of nitrogens with zero attached hydrogens (tertiary/aromatic N) is 3. The van der Waals surface area contributed by atoms with E-state index in [9.17, 15) is 13.6 Å². The Kier molecular flexibility index (Phi) is 5.60. The fourth-order valence-corrected chi connectivity index (χ4v) is 4.11. The van der Waals surface area contributed by atoms with Gasteiger partial charge < -0.3 is 5.32 Å². The van der Waals surface area contributed by atoms with Gasteiger partial charge in [-0.3, -0.25) is 19.8 Å². The van der Waals surface area contributed by atoms with Crippen molar-refractivity contribution in [2.24, 2.45) is 0 Å². The van der Waals surface area contributed by atoms with E-state index in [1.807, 2.05) is 59.5 Å². The van der Waals surface area contributed by atoms with Crippen LogP contribution in [-0.4, -0.2) is 45.0 Å². The molecule has 1 aliphatic rings. The van der Waals surface area contributed by atoms with Crippen molar-refractivity contribution >= 4 is 22.5 Å². The molecule has 0 saturated carbocycles. The summed E-state index contributed by atoms with van der Waals surface area (Å²) in [4.78, 5) is 19.2. The van der Waals surface area contributed by atoms with Crippen molar-refractivity contribution in [1.82, 2.24) is 20.1 Å². The quantitative estimate of drug-likeness (QED) is 0.446. The number of alkyl halides is 2. The van der Waals surface area contributed by atoms with Gasteiger partial charge in [0.05, 0.1) is 5.52 Å². The molecule has 1 saturated heterocycles. The van der Waals surface area contributed by atoms with E-state index in [4.69, 9.17) is 0 Å². The summed E-state index contributed by atoms with van der Waals surface area (Å²) in [5.41, 5.74) is 4.53. The Hall–Kier alpha value is -3.65. The molecule has 1 fully saturated rings. The summed E-state index contributed by atoms with van der Waals surface area (Å²) in [5, 5.41) is 10.7. The fraction of sp³-hybridized carbons (Fsp3) is 0.240. The number of likely N-dealkylation sites (tertiary alicyclic amines) is 1. The molecular formula is C25H23F2N5O. The molecule has 1 aliphatic heterocycles. The molecule has 5 rings (SSSR count). The van der Waals surface area contributed by atoms with Gasteiger partial charge in [0.2, 0.25) is 0 Å². The first kappa shape index (κ1) is 21.2. The molecule has 2 N–H and O–H groups in total. The predicted molar refractivity (Wildman–Crippen MR) is 123 cm³/mol. The van der Waals surface area contributed by atoms with Crippen LogP contribution in [0.15, 0.2) is 67.0 Å². The number of nitrogens with one attached hydrogen (secondary N) is 2. The number of carbonyl (C=O) groups excluding carboxylic acids is 1. The van der Waals surface area contributed by atoms with E-state index in [0.717, 1.165) is 22.2 Å². The number of piperidine rings is 1. The van der Waals surface area contributed by atoms with Crippen LogP contribution < -0.4 is 5.32 Å². The average molecular weight is 447 g/mol. The Bertz CT molecular complexity index is 1280. The van der Waals surface area contributed by atoms with E-state index in [-0.39, 0.29) is 18.7 Å². The molecule has 8 heteroatoms. The van der Waals surface area contributed by atoms with Crippen LogP contribution in [0.2, 0.25) is 0 Å². The number of hydrogen-bond acceptors (Lipinski definition) is 4. The molecular weight excluding hydrogens is 424 g/mol. The van der Waals surface area contributed by atoms with Gasteiger partial charge in [0.15, 0.2) is 5.69 Å². The minimum atomic E-state index is -2.55. The Morgan fingerprint density at radius 1 is 1.03 bits per heavy atom. The zero-order chi connectivity index (χ0) is 22.8. The molecule has 6 nitrogen and oxygen atoms in total. The number of para-hydroxylation sites is 1. The first-order chi connectivity index (χ1) is 16.0. The van der Waals surface area contributed by atoms with Gasteiger partial charge in [-0.2, -0.15) is 5.10 Å². The third-order valence-corrected chi connectivity index (χ3v) is 5.93. The van der Waals surface area contributed by atoms with Gasteiger partial charge in [-0.05, 0) is 41.5 Å². The van der Waals surface area contributed by atoms with Gasteiger partial charge in [-0.15, -0.1) is 0 Å². The lowest BCUT2D eigenvalue weighted by atomic mass is 10.0. The average Bonchev–Trinajstić information content (AvgIpc) is 3.25. The molecule has 1 amide bonds. The van der Waals surface area contributed by atoms with Crippen LogP contribution in [-0.2, 0) is 6.54 Å². The number of rotatable bonds is 5. The highest BCUT2D eigenvalue weighted by molar-refractivity contribution is 6.11. The third kappa shape index (κ3) is 4.75. The van der Waals surface area contributed by atoms with Gasteiger partial charge in [-0.25, -0.2) is 8.78 Å². The number of carbonyl (C=O) groups is 1. The van der Waals surface area contributed by atoms with E-state index in [1.165, 1.54) is 0 Å². The van der Waals surface area contributed by atoms with Gasteiger partial charge >= 0.3 is 0 Å². The number of pyridine rings is 1. The Labute approximate surface area is 189 Å².